The Kier molecular flexibility index (Phi) is 9.74. The number of anilines is 4. The van der Waals surface area contributed by atoms with Crippen molar-refractivity contribution in [2.45, 2.75) is 20.8 Å². The highest BCUT2D eigenvalue weighted by atomic mass is 16.5. The topological polar surface area (TPSA) is 70.5 Å². The van der Waals surface area contributed by atoms with Gasteiger partial charge in [0, 0.05) is 68.7 Å². The summed E-state index contributed by atoms with van der Waals surface area (Å²) in [5.74, 6) is 1.25. The Morgan fingerprint density at radius 3 is 2.46 bits per heavy atom. The number of para-hydroxylation sites is 1. The van der Waals surface area contributed by atoms with Gasteiger partial charge in [-0.3, -0.25) is 0 Å². The number of aryl methyl sites for hydroxylation is 1. The average molecular weight is 504 g/mol. The lowest BCUT2D eigenvalue weighted by atomic mass is 10.1. The summed E-state index contributed by atoms with van der Waals surface area (Å²) in [5.41, 5.74) is 6.03. The van der Waals surface area contributed by atoms with Crippen molar-refractivity contribution in [2.75, 3.05) is 63.4 Å². The molecule has 0 saturated heterocycles. The fourth-order valence-electron chi connectivity index (χ4n) is 4.19. The van der Waals surface area contributed by atoms with Crippen molar-refractivity contribution in [1.29, 1.82) is 0 Å². The second-order valence-electron chi connectivity index (χ2n) is 8.89. The lowest BCUT2D eigenvalue weighted by Crippen LogP contribution is -2.29. The van der Waals surface area contributed by atoms with Crippen molar-refractivity contribution >= 4 is 33.9 Å². The van der Waals surface area contributed by atoms with Crippen LogP contribution in [0.2, 0.25) is 0 Å². The van der Waals surface area contributed by atoms with Crippen molar-refractivity contribution in [3.63, 3.8) is 0 Å². The Hall–Kier alpha value is -3.78. The van der Waals surface area contributed by atoms with E-state index in [1.54, 1.807) is 13.3 Å². The van der Waals surface area contributed by atoms with Crippen LogP contribution in [0.25, 0.3) is 22.2 Å². The summed E-state index contributed by atoms with van der Waals surface area (Å²) in [4.78, 5) is 13.7. The number of methoxy groups -OCH3 is 1. The number of hydrogen-bond donors (Lipinski definition) is 2. The van der Waals surface area contributed by atoms with Crippen LogP contribution in [0.3, 0.4) is 0 Å². The molecule has 0 atom stereocenters. The summed E-state index contributed by atoms with van der Waals surface area (Å²) >= 11 is 0. The van der Waals surface area contributed by atoms with Gasteiger partial charge in [-0.2, -0.15) is 0 Å². The van der Waals surface area contributed by atoms with Gasteiger partial charge in [0.2, 0.25) is 5.95 Å². The molecule has 4 rings (SSSR count). The predicted molar refractivity (Wildman–Crippen MR) is 158 cm³/mol. The fraction of sp³-hybridized carbons (Fsp3) is 0.379. The maximum Gasteiger partial charge on any atom is 0.227 e. The van der Waals surface area contributed by atoms with Gasteiger partial charge in [-0.15, -0.1) is 0 Å². The molecule has 0 unspecified atom stereocenters. The van der Waals surface area contributed by atoms with Crippen molar-refractivity contribution in [2.24, 2.45) is 7.05 Å². The van der Waals surface area contributed by atoms with Gasteiger partial charge in [-0.1, -0.05) is 32.0 Å². The zero-order valence-electron chi connectivity index (χ0n) is 23.5. The van der Waals surface area contributed by atoms with E-state index < -0.39 is 0 Å². The van der Waals surface area contributed by atoms with Gasteiger partial charge in [0.05, 0.1) is 29.9 Å². The Morgan fingerprint density at radius 2 is 1.76 bits per heavy atom. The van der Waals surface area contributed by atoms with Crippen LogP contribution >= 0.6 is 0 Å². The van der Waals surface area contributed by atoms with Crippen molar-refractivity contribution in [1.82, 2.24) is 19.4 Å². The summed E-state index contributed by atoms with van der Waals surface area (Å²) in [6.07, 6.45) is 3.90. The molecule has 198 valence electrons. The van der Waals surface area contributed by atoms with Gasteiger partial charge in [0.15, 0.2) is 0 Å². The molecule has 0 radical (unpaired) electrons. The number of nitrogens with one attached hydrogen (secondary N) is 2. The molecule has 0 spiro atoms. The van der Waals surface area contributed by atoms with E-state index in [0.29, 0.717) is 5.95 Å². The van der Waals surface area contributed by atoms with Gasteiger partial charge < -0.3 is 29.7 Å². The van der Waals surface area contributed by atoms with E-state index >= 15 is 0 Å². The van der Waals surface area contributed by atoms with Crippen LogP contribution in [0, 0.1) is 0 Å². The monoisotopic (exact) mass is 503 g/mol. The van der Waals surface area contributed by atoms with Gasteiger partial charge in [-0.25, -0.2) is 9.97 Å². The third-order valence-electron chi connectivity index (χ3n) is 6.05. The van der Waals surface area contributed by atoms with Gasteiger partial charge in [0.1, 0.15) is 5.75 Å². The summed E-state index contributed by atoms with van der Waals surface area (Å²) in [6.45, 7) is 8.77. The van der Waals surface area contributed by atoms with Crippen molar-refractivity contribution in [3.8, 4) is 17.0 Å². The first-order valence-corrected chi connectivity index (χ1v) is 12.9. The maximum absolute atomic E-state index is 5.76. The molecule has 0 saturated carbocycles. The minimum Gasteiger partial charge on any atom is -0.494 e. The Morgan fingerprint density at radius 1 is 1.00 bits per heavy atom. The minimum absolute atomic E-state index is 0.518. The van der Waals surface area contributed by atoms with E-state index in [1.165, 1.54) is 5.52 Å². The molecule has 0 aliphatic carbocycles. The number of nitrogens with zero attached hydrogens (tertiary/aromatic N) is 5. The highest BCUT2D eigenvalue weighted by Gasteiger charge is 2.16. The molecule has 2 aromatic heterocycles. The molecule has 8 nitrogen and oxygen atoms in total. The second kappa shape index (κ2) is 13.0. The predicted octanol–water partition coefficient (Wildman–Crippen LogP) is 5.84. The molecular weight excluding hydrogens is 462 g/mol. The first kappa shape index (κ1) is 27.8. The van der Waals surface area contributed by atoms with Crippen LogP contribution in [0.4, 0.5) is 23.0 Å². The molecule has 0 aliphatic heterocycles. The van der Waals surface area contributed by atoms with Crippen LogP contribution in [0.1, 0.15) is 20.8 Å². The smallest absolute Gasteiger partial charge is 0.227 e. The Bertz CT molecular complexity index is 1300. The fourth-order valence-corrected chi connectivity index (χ4v) is 4.19. The molecule has 8 heteroatoms. The number of ether oxygens (including phenoxy) is 1. The van der Waals surface area contributed by atoms with E-state index in [-0.39, 0.29) is 0 Å². The largest absolute Gasteiger partial charge is 0.494 e. The molecule has 0 bridgehead atoms. The number of benzene rings is 2. The Labute approximate surface area is 221 Å². The van der Waals surface area contributed by atoms with E-state index in [1.807, 2.05) is 19.9 Å². The molecule has 4 aromatic rings. The first-order chi connectivity index (χ1) is 17.9. The molecule has 37 heavy (non-hydrogen) atoms. The third-order valence-corrected chi connectivity index (χ3v) is 6.05. The second-order valence-corrected chi connectivity index (χ2v) is 8.89. The quantitative estimate of drug-likeness (QED) is 0.282. The van der Waals surface area contributed by atoms with E-state index in [0.717, 1.165) is 59.1 Å². The zero-order valence-corrected chi connectivity index (χ0v) is 23.5. The molecule has 2 heterocycles. The number of hydrogen-bond acceptors (Lipinski definition) is 7. The van der Waals surface area contributed by atoms with Crippen LogP contribution < -0.4 is 20.3 Å². The molecule has 0 fully saturated rings. The van der Waals surface area contributed by atoms with E-state index in [9.17, 15) is 0 Å². The van der Waals surface area contributed by atoms with Crippen LogP contribution in [0.15, 0.2) is 54.9 Å². The molecule has 2 N–H and O–H groups in total. The maximum atomic E-state index is 5.76. The van der Waals surface area contributed by atoms with Crippen LogP contribution in [-0.2, 0) is 7.05 Å². The number of aromatic nitrogens is 3. The van der Waals surface area contributed by atoms with E-state index in [4.69, 9.17) is 9.72 Å². The van der Waals surface area contributed by atoms with Crippen molar-refractivity contribution < 1.29 is 4.74 Å². The Balaban J connectivity index is 0.00000186. The molecule has 0 amide bonds. The third kappa shape index (κ3) is 6.51. The number of fused-ring (bicyclic) bond motifs is 1. The molecular formula is C29H41N7O. The molecule has 2 aromatic carbocycles. The molecule has 0 aliphatic rings. The summed E-state index contributed by atoms with van der Waals surface area (Å²) < 4.78 is 7.88. The summed E-state index contributed by atoms with van der Waals surface area (Å²) in [6, 6.07) is 14.4. The lowest BCUT2D eigenvalue weighted by Gasteiger charge is -2.26. The zero-order chi connectivity index (χ0) is 26.9. The van der Waals surface area contributed by atoms with Gasteiger partial charge >= 0.3 is 0 Å². The normalized spacial score (nSPS) is 10.7. The summed E-state index contributed by atoms with van der Waals surface area (Å²) in [5, 5.41) is 8.03. The average Bonchev–Trinajstić information content (AvgIpc) is 3.25. The standard InChI is InChI=1S/C27H35N7O.C2H6/c1-7-28-22-16-23(26(35-6)17-25(22)33(4)15-14-32(2)3)31-27-29-13-12-21(30-27)20-18-34(5)24-11-9-8-10-19(20)24;1-2/h8-13,16-18,28H,7,14-15H2,1-6H3,(H,29,30,31);1-2H3. The van der Waals surface area contributed by atoms with E-state index in [2.05, 4.69) is 108 Å². The van der Waals surface area contributed by atoms with Crippen molar-refractivity contribution in [3.05, 3.63) is 54.9 Å². The highest BCUT2D eigenvalue weighted by molar-refractivity contribution is 5.95. The van der Waals surface area contributed by atoms with Crippen LogP contribution in [0.5, 0.6) is 5.75 Å². The van der Waals surface area contributed by atoms with Gasteiger partial charge in [0.25, 0.3) is 0 Å². The number of rotatable bonds is 10. The lowest BCUT2D eigenvalue weighted by molar-refractivity contribution is 0.413. The summed E-state index contributed by atoms with van der Waals surface area (Å²) in [7, 11) is 10.0. The minimum atomic E-state index is 0.518. The first-order valence-electron chi connectivity index (χ1n) is 12.9. The highest BCUT2D eigenvalue weighted by Crippen LogP contribution is 2.38. The number of likely N-dealkylation sites (N-methyl/N-ethyl adjacent to an activating group) is 2. The van der Waals surface area contributed by atoms with Crippen LogP contribution in [-0.4, -0.2) is 67.3 Å². The SMILES string of the molecule is CC.CCNc1cc(Nc2nccc(-c3cn(C)c4ccccc34)n2)c(OC)cc1N(C)CCN(C)C. The van der Waals surface area contributed by atoms with Gasteiger partial charge in [-0.05, 0) is 39.2 Å².